The van der Waals surface area contributed by atoms with Gasteiger partial charge in [-0.3, -0.25) is 4.79 Å². The third kappa shape index (κ3) is 2.20. The molecule has 0 aromatic rings. The van der Waals surface area contributed by atoms with Crippen molar-refractivity contribution in [3.63, 3.8) is 0 Å². The molecule has 3 unspecified atom stereocenters. The highest BCUT2D eigenvalue weighted by Crippen LogP contribution is 2.68. The molecule has 0 aromatic carbocycles. The zero-order chi connectivity index (χ0) is 18.2. The Morgan fingerprint density at radius 1 is 1.04 bits per heavy atom. The molecule has 0 spiro atoms. The fourth-order valence-corrected chi connectivity index (χ4v) is 7.89. The maximum Gasteiger partial charge on any atom is 0.161 e. The first-order chi connectivity index (χ1) is 11.6. The van der Waals surface area contributed by atoms with Crippen LogP contribution < -0.4 is 0 Å². The maximum atomic E-state index is 12.3. The van der Waals surface area contributed by atoms with Crippen molar-refractivity contribution in [2.24, 2.45) is 34.5 Å². The Morgan fingerprint density at radius 3 is 2.44 bits per heavy atom. The number of Topliss-reactive ketones (excluding diaryl/α,β-unsaturated/α-hetero) is 1. The van der Waals surface area contributed by atoms with E-state index in [9.17, 15) is 20.1 Å². The predicted octanol–water partition coefficient (Wildman–Crippen LogP) is 2.68. The second kappa shape index (κ2) is 5.53. The van der Waals surface area contributed by atoms with Crippen LogP contribution in [0.3, 0.4) is 0 Å². The van der Waals surface area contributed by atoms with Crippen LogP contribution in [0, 0.1) is 34.5 Å². The molecule has 4 aliphatic carbocycles. The van der Waals surface area contributed by atoms with Crippen molar-refractivity contribution >= 4 is 5.78 Å². The lowest BCUT2D eigenvalue weighted by atomic mass is 9.44. The van der Waals surface area contributed by atoms with Gasteiger partial charge in [0.15, 0.2) is 5.78 Å². The first kappa shape index (κ1) is 17.9. The Labute approximate surface area is 151 Å². The van der Waals surface area contributed by atoms with E-state index in [0.29, 0.717) is 17.8 Å². The minimum Gasteiger partial charge on any atom is -0.393 e. The van der Waals surface area contributed by atoms with Gasteiger partial charge in [-0.25, -0.2) is 0 Å². The average Bonchev–Trinajstić information content (AvgIpc) is 2.75. The van der Waals surface area contributed by atoms with Gasteiger partial charge in [-0.05, 0) is 81.0 Å². The number of rotatable bonds is 1. The van der Waals surface area contributed by atoms with Crippen molar-refractivity contribution in [2.75, 3.05) is 0 Å². The molecule has 0 bridgehead atoms. The van der Waals surface area contributed by atoms with Gasteiger partial charge in [-0.15, -0.1) is 0 Å². The third-order valence-corrected chi connectivity index (χ3v) is 9.34. The largest absolute Gasteiger partial charge is 0.393 e. The van der Waals surface area contributed by atoms with Gasteiger partial charge in [-0.1, -0.05) is 13.8 Å². The van der Waals surface area contributed by atoms with Crippen LogP contribution in [0.5, 0.6) is 0 Å². The van der Waals surface area contributed by atoms with Crippen molar-refractivity contribution in [2.45, 2.75) is 89.9 Å². The predicted molar refractivity (Wildman–Crippen MR) is 94.8 cm³/mol. The first-order valence-corrected chi connectivity index (χ1v) is 10.2. The molecule has 3 N–H and O–H groups in total. The van der Waals surface area contributed by atoms with E-state index in [1.54, 1.807) is 0 Å². The number of carbonyl (C=O) groups is 1. The number of hydrogen-bond donors (Lipinski definition) is 3. The molecule has 0 aromatic heterocycles. The molecule has 0 aliphatic heterocycles. The van der Waals surface area contributed by atoms with Gasteiger partial charge in [0.25, 0.3) is 0 Å². The van der Waals surface area contributed by atoms with Crippen LogP contribution in [-0.2, 0) is 4.79 Å². The van der Waals surface area contributed by atoms with Crippen molar-refractivity contribution in [1.29, 1.82) is 0 Å². The van der Waals surface area contributed by atoms with E-state index >= 15 is 0 Å². The quantitative estimate of drug-likeness (QED) is 0.679. The highest BCUT2D eigenvalue weighted by molar-refractivity contribution is 5.86. The van der Waals surface area contributed by atoms with E-state index in [0.717, 1.165) is 44.9 Å². The van der Waals surface area contributed by atoms with E-state index in [4.69, 9.17) is 0 Å². The van der Waals surface area contributed by atoms with Crippen molar-refractivity contribution in [1.82, 2.24) is 0 Å². The van der Waals surface area contributed by atoms with Crippen LogP contribution in [0.4, 0.5) is 0 Å². The van der Waals surface area contributed by atoms with Gasteiger partial charge < -0.3 is 15.3 Å². The van der Waals surface area contributed by atoms with E-state index in [-0.39, 0.29) is 29.6 Å². The summed E-state index contributed by atoms with van der Waals surface area (Å²) in [5, 5.41) is 32.2. The normalized spacial score (nSPS) is 58.2. The summed E-state index contributed by atoms with van der Waals surface area (Å²) in [4.78, 5) is 12.3. The molecule has 4 fully saturated rings. The average molecular weight is 350 g/mol. The van der Waals surface area contributed by atoms with Gasteiger partial charge in [0, 0.05) is 11.8 Å². The van der Waals surface area contributed by atoms with Gasteiger partial charge in [0.1, 0.15) is 5.60 Å². The summed E-state index contributed by atoms with van der Waals surface area (Å²) in [6.07, 6.45) is 6.35. The Balaban J connectivity index is 1.69. The fraction of sp³-hybridized carbons (Fsp3) is 0.952. The summed E-state index contributed by atoms with van der Waals surface area (Å²) < 4.78 is 0. The SMILES string of the molecule is CC(=O)[C@@]1(O)CC(O)[C@H]2[C@@H]3CCC4CC(O)CC[C@]4(C)[C@H]3CC[C@@]21C. The zero-order valence-electron chi connectivity index (χ0n) is 15.9. The minimum absolute atomic E-state index is 0.0183. The molecule has 0 amide bonds. The van der Waals surface area contributed by atoms with Crippen LogP contribution in [0.15, 0.2) is 0 Å². The molecule has 9 atom stereocenters. The summed E-state index contributed by atoms with van der Waals surface area (Å²) in [7, 11) is 0. The van der Waals surface area contributed by atoms with Crippen LogP contribution in [0.1, 0.15) is 72.1 Å². The topological polar surface area (TPSA) is 77.8 Å². The number of aliphatic hydroxyl groups excluding tert-OH is 2. The van der Waals surface area contributed by atoms with E-state index < -0.39 is 17.1 Å². The number of hydrogen-bond acceptors (Lipinski definition) is 4. The molecule has 0 radical (unpaired) electrons. The summed E-state index contributed by atoms with van der Waals surface area (Å²) >= 11 is 0. The maximum absolute atomic E-state index is 12.3. The lowest BCUT2D eigenvalue weighted by Crippen LogP contribution is -2.59. The molecule has 142 valence electrons. The molecule has 4 heteroatoms. The summed E-state index contributed by atoms with van der Waals surface area (Å²) in [5.74, 6) is 1.34. The lowest BCUT2D eigenvalue weighted by Gasteiger charge is -2.61. The number of carbonyl (C=O) groups excluding carboxylic acids is 1. The fourth-order valence-electron chi connectivity index (χ4n) is 7.89. The summed E-state index contributed by atoms with van der Waals surface area (Å²) in [5.41, 5.74) is -1.64. The van der Waals surface area contributed by atoms with E-state index in [2.05, 4.69) is 6.92 Å². The second-order valence-corrected chi connectivity index (χ2v) is 10.1. The standard InChI is InChI=1S/C21H34O4/c1-12(22)21(25)11-17(24)18-15-5-4-13-10-14(23)6-8-19(13,2)16(15)7-9-20(18,21)3/h13-18,23-25H,4-11H2,1-3H3/t13?,14?,15-,16+,17?,18-,19+,20+,21+/m1/s1. The number of fused-ring (bicyclic) bond motifs is 5. The first-order valence-electron chi connectivity index (χ1n) is 10.2. The van der Waals surface area contributed by atoms with Crippen LogP contribution in [-0.4, -0.2) is 38.9 Å². The van der Waals surface area contributed by atoms with Gasteiger partial charge in [0.05, 0.1) is 12.2 Å². The summed E-state index contributed by atoms with van der Waals surface area (Å²) in [6, 6.07) is 0. The molecule has 4 saturated carbocycles. The van der Waals surface area contributed by atoms with E-state index in [1.807, 2.05) is 6.92 Å². The number of aliphatic hydroxyl groups is 3. The minimum atomic E-state index is -1.37. The lowest BCUT2D eigenvalue weighted by molar-refractivity contribution is -0.173. The molecule has 0 saturated heterocycles. The smallest absolute Gasteiger partial charge is 0.161 e. The van der Waals surface area contributed by atoms with Crippen LogP contribution in [0.25, 0.3) is 0 Å². The Hall–Kier alpha value is -0.450. The van der Waals surface area contributed by atoms with E-state index in [1.165, 1.54) is 6.92 Å². The Bertz CT molecular complexity index is 576. The highest BCUT2D eigenvalue weighted by atomic mass is 16.3. The third-order valence-electron chi connectivity index (χ3n) is 9.34. The highest BCUT2D eigenvalue weighted by Gasteiger charge is 2.68. The van der Waals surface area contributed by atoms with Gasteiger partial charge >= 0.3 is 0 Å². The van der Waals surface area contributed by atoms with Crippen molar-refractivity contribution in [3.8, 4) is 0 Å². The monoisotopic (exact) mass is 350 g/mol. The molecule has 4 rings (SSSR count). The Morgan fingerprint density at radius 2 is 1.76 bits per heavy atom. The second-order valence-electron chi connectivity index (χ2n) is 10.1. The number of ketones is 1. The van der Waals surface area contributed by atoms with Crippen LogP contribution in [0.2, 0.25) is 0 Å². The molecule has 25 heavy (non-hydrogen) atoms. The molecular formula is C21H34O4. The Kier molecular flexibility index (Phi) is 3.97. The molecule has 4 aliphatic rings. The molecule has 0 heterocycles. The van der Waals surface area contributed by atoms with Crippen molar-refractivity contribution < 1.29 is 20.1 Å². The van der Waals surface area contributed by atoms with Gasteiger partial charge in [0.2, 0.25) is 0 Å². The van der Waals surface area contributed by atoms with Crippen molar-refractivity contribution in [3.05, 3.63) is 0 Å². The molecule has 4 nitrogen and oxygen atoms in total. The zero-order valence-corrected chi connectivity index (χ0v) is 15.9. The van der Waals surface area contributed by atoms with Gasteiger partial charge in [-0.2, -0.15) is 0 Å². The summed E-state index contributed by atoms with van der Waals surface area (Å²) in [6.45, 7) is 5.93. The molecular weight excluding hydrogens is 316 g/mol. The van der Waals surface area contributed by atoms with Crippen LogP contribution >= 0.6 is 0 Å².